The van der Waals surface area contributed by atoms with Crippen LogP contribution in [0.15, 0.2) is 55.1 Å². The number of fused-ring (bicyclic) bond motifs is 1. The number of hydrogen-bond acceptors (Lipinski definition) is 6. The first-order valence-electron chi connectivity index (χ1n) is 12.5. The molecule has 1 saturated heterocycles. The van der Waals surface area contributed by atoms with Crippen LogP contribution in [0.4, 0.5) is 10.2 Å². The molecular formula is C28H29FN6O3. The summed E-state index contributed by atoms with van der Waals surface area (Å²) in [5.74, 6) is -0.527. The van der Waals surface area contributed by atoms with Crippen LogP contribution < -0.4 is 4.90 Å². The first kappa shape index (κ1) is 25.3. The smallest absolute Gasteiger partial charge is 0.335 e. The molecule has 0 spiro atoms. The first-order chi connectivity index (χ1) is 18.1. The van der Waals surface area contributed by atoms with Crippen LogP contribution in [-0.4, -0.2) is 66.6 Å². The van der Waals surface area contributed by atoms with Crippen molar-refractivity contribution in [2.75, 3.05) is 24.5 Å². The molecule has 0 bridgehead atoms. The molecule has 0 unspecified atom stereocenters. The van der Waals surface area contributed by atoms with Gasteiger partial charge in [0.05, 0.1) is 16.5 Å². The van der Waals surface area contributed by atoms with Crippen LogP contribution in [0, 0.1) is 11.7 Å². The minimum absolute atomic E-state index is 0.0752. The van der Waals surface area contributed by atoms with Gasteiger partial charge in [0.2, 0.25) is 5.91 Å². The highest BCUT2D eigenvalue weighted by Gasteiger charge is 2.38. The number of carboxylic acid groups (broad SMARTS) is 1. The van der Waals surface area contributed by atoms with Gasteiger partial charge in [-0.05, 0) is 32.0 Å². The summed E-state index contributed by atoms with van der Waals surface area (Å²) in [6.45, 7) is 9.44. The van der Waals surface area contributed by atoms with Gasteiger partial charge in [0.15, 0.2) is 5.65 Å². The van der Waals surface area contributed by atoms with Gasteiger partial charge >= 0.3 is 5.97 Å². The lowest BCUT2D eigenvalue weighted by atomic mass is 9.96. The Morgan fingerprint density at radius 2 is 1.82 bits per heavy atom. The van der Waals surface area contributed by atoms with Crippen molar-refractivity contribution < 1.29 is 19.1 Å². The third-order valence-corrected chi connectivity index (χ3v) is 6.93. The minimum Gasteiger partial charge on any atom is -0.478 e. The Morgan fingerprint density at radius 1 is 1.05 bits per heavy atom. The van der Waals surface area contributed by atoms with Crippen molar-refractivity contribution in [3.05, 3.63) is 66.5 Å². The monoisotopic (exact) mass is 516 g/mol. The zero-order valence-corrected chi connectivity index (χ0v) is 21.7. The summed E-state index contributed by atoms with van der Waals surface area (Å²) in [6, 6.07) is 9.33. The molecule has 4 aromatic rings. The molecule has 1 aliphatic heterocycles. The molecule has 1 aliphatic rings. The molecule has 5 rings (SSSR count). The summed E-state index contributed by atoms with van der Waals surface area (Å²) in [6.07, 6.45) is 4.58. The van der Waals surface area contributed by atoms with E-state index in [4.69, 9.17) is 0 Å². The van der Waals surface area contributed by atoms with E-state index in [1.54, 1.807) is 29.0 Å². The predicted octanol–water partition coefficient (Wildman–Crippen LogP) is 4.40. The van der Waals surface area contributed by atoms with Crippen LogP contribution >= 0.6 is 0 Å². The number of anilines is 1. The van der Waals surface area contributed by atoms with E-state index in [1.165, 1.54) is 30.7 Å². The fraction of sp³-hybridized carbons (Fsp3) is 0.321. The Morgan fingerprint density at radius 3 is 2.50 bits per heavy atom. The van der Waals surface area contributed by atoms with Gasteiger partial charge in [0, 0.05) is 49.1 Å². The van der Waals surface area contributed by atoms with Crippen molar-refractivity contribution in [1.82, 2.24) is 24.4 Å². The molecule has 0 saturated carbocycles. The van der Waals surface area contributed by atoms with E-state index in [-0.39, 0.29) is 17.4 Å². The highest BCUT2D eigenvalue weighted by molar-refractivity contribution is 6.02. The maximum Gasteiger partial charge on any atom is 0.335 e. The van der Waals surface area contributed by atoms with Crippen LogP contribution in [0.3, 0.4) is 0 Å². The van der Waals surface area contributed by atoms with Gasteiger partial charge in [-0.15, -0.1) is 0 Å². The molecule has 0 atom stereocenters. The van der Waals surface area contributed by atoms with E-state index in [2.05, 4.69) is 19.9 Å². The van der Waals surface area contributed by atoms with Gasteiger partial charge < -0.3 is 14.9 Å². The Kier molecular flexibility index (Phi) is 6.34. The standard InChI is InChI=1S/C28H29FN6O3/c1-17(2)26(36)35-12-11-33(15-28(35,3)4)24-23-20(19-7-5-6-8-21(19)29)14-34(25(23)32-16-31-24)22-13-18(27(37)38)9-10-30-22/h5-10,13-14,16-17H,11-12,15H2,1-4H3,(H,37,38). The summed E-state index contributed by atoms with van der Waals surface area (Å²) in [7, 11) is 0. The molecule has 1 amide bonds. The highest BCUT2D eigenvalue weighted by Crippen LogP contribution is 2.39. The third-order valence-electron chi connectivity index (χ3n) is 6.93. The lowest BCUT2D eigenvalue weighted by Gasteiger charge is -2.48. The van der Waals surface area contributed by atoms with Gasteiger partial charge in [-0.3, -0.25) is 9.36 Å². The lowest BCUT2D eigenvalue weighted by molar-refractivity contribution is -0.140. The molecule has 0 radical (unpaired) electrons. The average molecular weight is 517 g/mol. The SMILES string of the molecule is CC(C)C(=O)N1CCN(c2ncnc3c2c(-c2ccccc2F)cn3-c2cc(C(=O)O)ccn2)CC1(C)C. The third kappa shape index (κ3) is 4.36. The molecule has 1 fully saturated rings. The zero-order chi connectivity index (χ0) is 27.2. The van der Waals surface area contributed by atoms with E-state index in [1.807, 2.05) is 32.6 Å². The van der Waals surface area contributed by atoms with Gasteiger partial charge in [0.1, 0.15) is 23.8 Å². The van der Waals surface area contributed by atoms with Crippen LogP contribution in [-0.2, 0) is 4.79 Å². The molecule has 0 aliphatic carbocycles. The summed E-state index contributed by atoms with van der Waals surface area (Å²) < 4.78 is 16.8. The largest absolute Gasteiger partial charge is 0.478 e. The number of aromatic carboxylic acids is 1. The number of piperazine rings is 1. The molecule has 9 nitrogen and oxygen atoms in total. The molecule has 38 heavy (non-hydrogen) atoms. The topological polar surface area (TPSA) is 104 Å². The molecule has 196 valence electrons. The van der Waals surface area contributed by atoms with Gasteiger partial charge in [0.25, 0.3) is 0 Å². The summed E-state index contributed by atoms with van der Waals surface area (Å²) in [5, 5.41) is 10.1. The number of benzene rings is 1. The van der Waals surface area contributed by atoms with Crippen LogP contribution in [0.25, 0.3) is 28.0 Å². The molecule has 10 heteroatoms. The second kappa shape index (κ2) is 9.51. The first-order valence-corrected chi connectivity index (χ1v) is 12.5. The number of halogens is 1. The second-order valence-corrected chi connectivity index (χ2v) is 10.4. The van der Waals surface area contributed by atoms with E-state index in [0.717, 1.165) is 0 Å². The summed E-state index contributed by atoms with van der Waals surface area (Å²) >= 11 is 0. The van der Waals surface area contributed by atoms with Crippen LogP contribution in [0.5, 0.6) is 0 Å². The maximum absolute atomic E-state index is 15.1. The number of pyridine rings is 1. The Balaban J connectivity index is 1.69. The Bertz CT molecular complexity index is 1550. The Labute approximate surface area is 219 Å². The van der Waals surface area contributed by atoms with Crippen molar-refractivity contribution in [2.45, 2.75) is 33.2 Å². The van der Waals surface area contributed by atoms with Crippen molar-refractivity contribution >= 4 is 28.7 Å². The van der Waals surface area contributed by atoms with Crippen molar-refractivity contribution in [2.24, 2.45) is 5.92 Å². The number of carbonyl (C=O) groups is 2. The average Bonchev–Trinajstić information content (AvgIpc) is 3.27. The maximum atomic E-state index is 15.1. The second-order valence-electron chi connectivity index (χ2n) is 10.4. The quantitative estimate of drug-likeness (QED) is 0.419. The predicted molar refractivity (Wildman–Crippen MR) is 142 cm³/mol. The van der Waals surface area contributed by atoms with Crippen LogP contribution in [0.1, 0.15) is 38.1 Å². The number of carboxylic acids is 1. The van der Waals surface area contributed by atoms with Gasteiger partial charge in [-0.2, -0.15) is 0 Å². The number of amides is 1. The number of carbonyl (C=O) groups excluding carboxylic acids is 1. The molecule has 3 aromatic heterocycles. The number of hydrogen-bond donors (Lipinski definition) is 1. The fourth-order valence-electron chi connectivity index (χ4n) is 5.08. The molecule has 1 aromatic carbocycles. The minimum atomic E-state index is -1.08. The lowest BCUT2D eigenvalue weighted by Crippen LogP contribution is -2.62. The van der Waals surface area contributed by atoms with Gasteiger partial charge in [-0.25, -0.2) is 24.1 Å². The van der Waals surface area contributed by atoms with Crippen LogP contribution in [0.2, 0.25) is 0 Å². The molecule has 4 heterocycles. The molecule has 1 N–H and O–H groups in total. The molecular weight excluding hydrogens is 487 g/mol. The fourth-order valence-corrected chi connectivity index (χ4v) is 5.08. The van der Waals surface area contributed by atoms with Crippen molar-refractivity contribution in [1.29, 1.82) is 0 Å². The normalized spacial score (nSPS) is 15.3. The number of aromatic nitrogens is 4. The zero-order valence-electron chi connectivity index (χ0n) is 21.7. The summed E-state index contributed by atoms with van der Waals surface area (Å²) in [4.78, 5) is 42.0. The Hall–Kier alpha value is -4.34. The van der Waals surface area contributed by atoms with Gasteiger partial charge in [-0.1, -0.05) is 32.0 Å². The number of nitrogens with zero attached hydrogens (tertiary/aromatic N) is 6. The van der Waals surface area contributed by atoms with E-state index in [9.17, 15) is 14.7 Å². The van der Waals surface area contributed by atoms with E-state index in [0.29, 0.717) is 53.4 Å². The highest BCUT2D eigenvalue weighted by atomic mass is 19.1. The van der Waals surface area contributed by atoms with E-state index >= 15 is 4.39 Å². The van der Waals surface area contributed by atoms with Crippen molar-refractivity contribution in [3.8, 4) is 16.9 Å². The number of rotatable bonds is 5. The summed E-state index contributed by atoms with van der Waals surface area (Å²) in [5.41, 5.74) is 1.02. The van der Waals surface area contributed by atoms with Crippen molar-refractivity contribution in [3.63, 3.8) is 0 Å². The van der Waals surface area contributed by atoms with E-state index < -0.39 is 17.3 Å².